The predicted octanol–water partition coefficient (Wildman–Crippen LogP) is 2.96. The minimum absolute atomic E-state index is 0.135. The number of unbranched alkanes of at least 4 members (excludes halogenated alkanes) is 1. The lowest BCUT2D eigenvalue weighted by Gasteiger charge is -2.16. The maximum absolute atomic E-state index is 12.2. The van der Waals surface area contributed by atoms with Crippen molar-refractivity contribution in [2.75, 3.05) is 18.9 Å². The molecular weight excluding hydrogens is 290 g/mol. The van der Waals surface area contributed by atoms with Crippen LogP contribution in [0, 0.1) is 11.3 Å². The number of nitrogens with one attached hydrogen (secondary N) is 1. The molecule has 1 N–H and O–H groups in total. The Balaban J connectivity index is 2.04. The van der Waals surface area contributed by atoms with Crippen LogP contribution in [0.3, 0.4) is 0 Å². The standard InChI is InChI=1S/C17H19N5O/c1-3-4-8-22(2)17(23)15-11-20-16(12-19-15)21-14-7-5-6-13(9-14)10-18/h5-7,9,11-12H,3-4,8H2,1-2H3,(H,20,21). The fraction of sp³-hybridized carbons (Fsp3) is 0.294. The molecule has 2 aromatic rings. The molecule has 6 nitrogen and oxygen atoms in total. The second-order valence-corrected chi connectivity index (χ2v) is 5.18. The van der Waals surface area contributed by atoms with E-state index in [-0.39, 0.29) is 5.91 Å². The Morgan fingerprint density at radius 3 is 2.83 bits per heavy atom. The number of benzene rings is 1. The summed E-state index contributed by atoms with van der Waals surface area (Å²) < 4.78 is 0. The molecule has 0 aliphatic heterocycles. The van der Waals surface area contributed by atoms with Crippen molar-refractivity contribution in [3.63, 3.8) is 0 Å². The minimum Gasteiger partial charge on any atom is -0.340 e. The summed E-state index contributed by atoms with van der Waals surface area (Å²) >= 11 is 0. The van der Waals surface area contributed by atoms with Crippen LogP contribution in [0.4, 0.5) is 11.5 Å². The Labute approximate surface area is 135 Å². The van der Waals surface area contributed by atoms with Crippen LogP contribution in [-0.2, 0) is 0 Å². The summed E-state index contributed by atoms with van der Waals surface area (Å²) in [5, 5.41) is 11.9. The van der Waals surface area contributed by atoms with Gasteiger partial charge in [0.2, 0.25) is 0 Å². The molecule has 0 atom stereocenters. The van der Waals surface area contributed by atoms with Crippen LogP contribution in [0.1, 0.15) is 35.8 Å². The van der Waals surface area contributed by atoms with E-state index < -0.39 is 0 Å². The van der Waals surface area contributed by atoms with E-state index in [2.05, 4.69) is 28.3 Å². The Bertz CT molecular complexity index is 706. The van der Waals surface area contributed by atoms with E-state index in [1.807, 2.05) is 6.07 Å². The van der Waals surface area contributed by atoms with Gasteiger partial charge < -0.3 is 10.2 Å². The zero-order valence-electron chi connectivity index (χ0n) is 13.3. The molecule has 0 spiro atoms. The lowest BCUT2D eigenvalue weighted by Crippen LogP contribution is -2.28. The summed E-state index contributed by atoms with van der Waals surface area (Å²) in [5.74, 6) is 0.386. The Morgan fingerprint density at radius 1 is 1.35 bits per heavy atom. The van der Waals surface area contributed by atoms with Crippen LogP contribution in [0.5, 0.6) is 0 Å². The first-order valence-electron chi connectivity index (χ1n) is 7.48. The molecule has 0 saturated carbocycles. The highest BCUT2D eigenvalue weighted by molar-refractivity contribution is 5.91. The summed E-state index contributed by atoms with van der Waals surface area (Å²) in [6.45, 7) is 2.79. The highest BCUT2D eigenvalue weighted by Crippen LogP contribution is 2.15. The van der Waals surface area contributed by atoms with Gasteiger partial charge in [0.15, 0.2) is 0 Å². The average Bonchev–Trinajstić information content (AvgIpc) is 2.60. The second-order valence-electron chi connectivity index (χ2n) is 5.18. The lowest BCUT2D eigenvalue weighted by atomic mass is 10.2. The molecule has 1 amide bonds. The number of hydrogen-bond donors (Lipinski definition) is 1. The minimum atomic E-state index is -0.135. The highest BCUT2D eigenvalue weighted by atomic mass is 16.2. The molecule has 6 heteroatoms. The van der Waals surface area contributed by atoms with Crippen LogP contribution in [-0.4, -0.2) is 34.4 Å². The van der Waals surface area contributed by atoms with Gasteiger partial charge in [-0.25, -0.2) is 9.97 Å². The van der Waals surface area contributed by atoms with Gasteiger partial charge in [-0.2, -0.15) is 5.26 Å². The Morgan fingerprint density at radius 2 is 2.17 bits per heavy atom. The normalized spacial score (nSPS) is 9.96. The van der Waals surface area contributed by atoms with Gasteiger partial charge in [0.25, 0.3) is 5.91 Å². The van der Waals surface area contributed by atoms with Crippen LogP contribution in [0.25, 0.3) is 0 Å². The van der Waals surface area contributed by atoms with Crippen molar-refractivity contribution in [3.05, 3.63) is 47.9 Å². The van der Waals surface area contributed by atoms with Gasteiger partial charge >= 0.3 is 0 Å². The average molecular weight is 309 g/mol. The van der Waals surface area contributed by atoms with E-state index in [1.54, 1.807) is 30.1 Å². The number of carbonyl (C=O) groups excluding carboxylic acids is 1. The smallest absolute Gasteiger partial charge is 0.273 e. The van der Waals surface area contributed by atoms with Gasteiger partial charge in [-0.3, -0.25) is 4.79 Å². The van der Waals surface area contributed by atoms with E-state index in [0.29, 0.717) is 23.6 Å². The largest absolute Gasteiger partial charge is 0.340 e. The molecule has 0 aliphatic rings. The van der Waals surface area contributed by atoms with Crippen molar-refractivity contribution in [2.24, 2.45) is 0 Å². The zero-order valence-corrected chi connectivity index (χ0v) is 13.3. The number of anilines is 2. The number of carbonyl (C=O) groups is 1. The van der Waals surface area contributed by atoms with Crippen LogP contribution >= 0.6 is 0 Å². The fourth-order valence-electron chi connectivity index (χ4n) is 2.01. The van der Waals surface area contributed by atoms with E-state index in [1.165, 1.54) is 12.4 Å². The molecule has 1 aromatic heterocycles. The Hall–Kier alpha value is -2.94. The van der Waals surface area contributed by atoms with Crippen molar-refractivity contribution in [1.82, 2.24) is 14.9 Å². The number of amides is 1. The molecule has 1 aromatic carbocycles. The summed E-state index contributed by atoms with van der Waals surface area (Å²) in [5.41, 5.74) is 1.63. The molecule has 23 heavy (non-hydrogen) atoms. The van der Waals surface area contributed by atoms with E-state index in [4.69, 9.17) is 5.26 Å². The molecule has 0 fully saturated rings. The maximum atomic E-state index is 12.2. The predicted molar refractivity (Wildman–Crippen MR) is 88.3 cm³/mol. The third-order valence-corrected chi connectivity index (χ3v) is 3.33. The third-order valence-electron chi connectivity index (χ3n) is 3.33. The van der Waals surface area contributed by atoms with E-state index in [0.717, 1.165) is 18.5 Å². The SMILES string of the molecule is CCCCN(C)C(=O)c1cnc(Nc2cccc(C#N)c2)cn1. The topological polar surface area (TPSA) is 81.9 Å². The van der Waals surface area contributed by atoms with Gasteiger partial charge in [-0.1, -0.05) is 19.4 Å². The summed E-state index contributed by atoms with van der Waals surface area (Å²) in [4.78, 5) is 22.2. The quantitative estimate of drug-likeness (QED) is 0.887. The number of aromatic nitrogens is 2. The van der Waals surface area contributed by atoms with Crippen LogP contribution in [0.2, 0.25) is 0 Å². The lowest BCUT2D eigenvalue weighted by molar-refractivity contribution is 0.0787. The number of nitrogens with zero attached hydrogens (tertiary/aromatic N) is 4. The van der Waals surface area contributed by atoms with Crippen LogP contribution in [0.15, 0.2) is 36.7 Å². The van der Waals surface area contributed by atoms with Gasteiger partial charge in [-0.15, -0.1) is 0 Å². The first-order chi connectivity index (χ1) is 11.1. The van der Waals surface area contributed by atoms with Gasteiger partial charge in [0, 0.05) is 19.3 Å². The molecule has 1 heterocycles. The summed E-state index contributed by atoms with van der Waals surface area (Å²) in [6, 6.07) is 9.15. The van der Waals surface area contributed by atoms with Crippen molar-refractivity contribution in [3.8, 4) is 6.07 Å². The second kappa shape index (κ2) is 7.90. The summed E-state index contributed by atoms with van der Waals surface area (Å²) in [7, 11) is 1.76. The van der Waals surface area contributed by atoms with E-state index >= 15 is 0 Å². The molecule has 2 rings (SSSR count). The molecular formula is C17H19N5O. The fourth-order valence-corrected chi connectivity index (χ4v) is 2.01. The van der Waals surface area contributed by atoms with Gasteiger partial charge in [0.05, 0.1) is 24.0 Å². The first kappa shape index (κ1) is 16.4. The number of rotatable bonds is 6. The number of hydrogen-bond acceptors (Lipinski definition) is 5. The first-order valence-corrected chi connectivity index (χ1v) is 7.48. The van der Waals surface area contributed by atoms with Crippen molar-refractivity contribution >= 4 is 17.4 Å². The van der Waals surface area contributed by atoms with Crippen molar-refractivity contribution in [2.45, 2.75) is 19.8 Å². The molecule has 0 unspecified atom stereocenters. The van der Waals surface area contributed by atoms with Gasteiger partial charge in [0.1, 0.15) is 11.5 Å². The molecule has 118 valence electrons. The third kappa shape index (κ3) is 4.51. The molecule has 0 saturated heterocycles. The van der Waals surface area contributed by atoms with Crippen molar-refractivity contribution < 1.29 is 4.79 Å². The Kier molecular flexibility index (Phi) is 5.64. The summed E-state index contributed by atoms with van der Waals surface area (Å²) in [6.07, 6.45) is 4.97. The molecule has 0 bridgehead atoms. The molecule has 0 radical (unpaired) electrons. The van der Waals surface area contributed by atoms with Gasteiger partial charge in [-0.05, 0) is 24.6 Å². The van der Waals surface area contributed by atoms with Crippen LogP contribution < -0.4 is 5.32 Å². The highest BCUT2D eigenvalue weighted by Gasteiger charge is 2.13. The zero-order chi connectivity index (χ0) is 16.7. The monoisotopic (exact) mass is 309 g/mol. The van der Waals surface area contributed by atoms with E-state index in [9.17, 15) is 4.79 Å². The maximum Gasteiger partial charge on any atom is 0.273 e. The molecule has 0 aliphatic carbocycles. The number of nitriles is 1. The van der Waals surface area contributed by atoms with Crippen molar-refractivity contribution in [1.29, 1.82) is 5.26 Å².